The number of carbonyl (C=O) groups excluding carboxylic acids is 1. The van der Waals surface area contributed by atoms with Gasteiger partial charge in [0.2, 0.25) is 0 Å². The van der Waals surface area contributed by atoms with Gasteiger partial charge in [0, 0.05) is 28.8 Å². The number of carbonyl (C=O) groups is 1. The van der Waals surface area contributed by atoms with E-state index in [9.17, 15) is 9.90 Å². The lowest BCUT2D eigenvalue weighted by molar-refractivity contribution is 0.129. The van der Waals surface area contributed by atoms with Gasteiger partial charge in [-0.1, -0.05) is 13.8 Å². The Labute approximate surface area is 131 Å². The predicted molar refractivity (Wildman–Crippen MR) is 90.1 cm³/mol. The molecule has 0 bridgehead atoms. The van der Waals surface area contributed by atoms with E-state index in [0.29, 0.717) is 13.0 Å². The van der Waals surface area contributed by atoms with Gasteiger partial charge >= 0.3 is 6.03 Å². The number of aliphatic hydroxyl groups excluding tert-OH is 1. The second kappa shape index (κ2) is 6.40. The predicted octanol–water partition coefficient (Wildman–Crippen LogP) is 3.39. The molecule has 2 amide bonds. The number of aromatic nitrogens is 1. The van der Waals surface area contributed by atoms with Crippen LogP contribution in [0.25, 0.3) is 10.9 Å². The highest BCUT2D eigenvalue weighted by atomic mass is 16.3. The Morgan fingerprint density at radius 1 is 1.36 bits per heavy atom. The molecular formula is C17H25N3O2. The number of aromatic amines is 1. The minimum absolute atomic E-state index is 0.146. The molecule has 4 N–H and O–H groups in total. The van der Waals surface area contributed by atoms with Gasteiger partial charge < -0.3 is 20.7 Å². The van der Waals surface area contributed by atoms with Crippen LogP contribution in [0.5, 0.6) is 0 Å². The lowest BCUT2D eigenvalue weighted by Gasteiger charge is -2.26. The highest BCUT2D eigenvalue weighted by molar-refractivity contribution is 5.93. The van der Waals surface area contributed by atoms with Crippen molar-refractivity contribution in [2.24, 2.45) is 5.41 Å². The average molecular weight is 303 g/mol. The summed E-state index contributed by atoms with van der Waals surface area (Å²) in [5.41, 5.74) is 2.77. The standard InChI is InChI=1S/C17H25N3O2/c1-11-7-13-8-14(5-6-15(13)19-11)20-16(22)18-10-17(3,4)9-12(2)21/h5-8,12,19,21H,9-10H2,1-4H3,(H2,18,20,22). The van der Waals surface area contributed by atoms with Crippen LogP contribution in [0.1, 0.15) is 32.9 Å². The van der Waals surface area contributed by atoms with Crippen molar-refractivity contribution in [1.29, 1.82) is 0 Å². The molecule has 1 heterocycles. The van der Waals surface area contributed by atoms with Gasteiger partial charge in [0.1, 0.15) is 0 Å². The molecule has 5 nitrogen and oxygen atoms in total. The summed E-state index contributed by atoms with van der Waals surface area (Å²) < 4.78 is 0. The highest BCUT2D eigenvalue weighted by Gasteiger charge is 2.21. The minimum Gasteiger partial charge on any atom is -0.393 e. The quantitative estimate of drug-likeness (QED) is 0.683. The molecule has 2 aromatic rings. The molecule has 1 unspecified atom stereocenters. The average Bonchev–Trinajstić information content (AvgIpc) is 2.74. The van der Waals surface area contributed by atoms with Crippen LogP contribution < -0.4 is 10.6 Å². The van der Waals surface area contributed by atoms with E-state index in [1.807, 2.05) is 45.0 Å². The zero-order valence-corrected chi connectivity index (χ0v) is 13.7. The SMILES string of the molecule is Cc1cc2cc(NC(=O)NCC(C)(C)CC(C)O)ccc2[nH]1. The van der Waals surface area contributed by atoms with Crippen molar-refractivity contribution in [3.05, 3.63) is 30.0 Å². The molecule has 0 fully saturated rings. The summed E-state index contributed by atoms with van der Waals surface area (Å²) in [6.07, 6.45) is 0.265. The molecule has 5 heteroatoms. The zero-order chi connectivity index (χ0) is 16.3. The lowest BCUT2D eigenvalue weighted by atomic mass is 9.87. The first-order valence-electron chi connectivity index (χ1n) is 7.57. The second-order valence-electron chi connectivity index (χ2n) is 6.78. The molecule has 0 aliphatic rings. The van der Waals surface area contributed by atoms with Crippen molar-refractivity contribution in [3.8, 4) is 0 Å². The highest BCUT2D eigenvalue weighted by Crippen LogP contribution is 2.22. The summed E-state index contributed by atoms with van der Waals surface area (Å²) in [6.45, 7) is 8.32. The van der Waals surface area contributed by atoms with Crippen molar-refractivity contribution in [2.75, 3.05) is 11.9 Å². The van der Waals surface area contributed by atoms with Crippen molar-refractivity contribution in [1.82, 2.24) is 10.3 Å². The molecule has 22 heavy (non-hydrogen) atoms. The Kier molecular flexibility index (Phi) is 4.76. The van der Waals surface area contributed by atoms with E-state index in [1.54, 1.807) is 6.92 Å². The van der Waals surface area contributed by atoms with Gasteiger partial charge in [0.05, 0.1) is 6.10 Å². The van der Waals surface area contributed by atoms with Crippen LogP contribution in [0.2, 0.25) is 0 Å². The van der Waals surface area contributed by atoms with E-state index < -0.39 is 0 Å². The Bertz CT molecular complexity index is 659. The number of H-pyrrole nitrogens is 1. The number of hydrogen-bond acceptors (Lipinski definition) is 2. The number of aryl methyl sites for hydroxylation is 1. The Morgan fingerprint density at radius 2 is 2.09 bits per heavy atom. The molecule has 0 spiro atoms. The molecule has 1 aromatic heterocycles. The third kappa shape index (κ3) is 4.49. The van der Waals surface area contributed by atoms with Gasteiger partial charge in [0.25, 0.3) is 0 Å². The first-order chi connectivity index (χ1) is 10.2. The van der Waals surface area contributed by atoms with E-state index in [1.165, 1.54) is 0 Å². The summed E-state index contributed by atoms with van der Waals surface area (Å²) in [5.74, 6) is 0. The normalized spacial score (nSPS) is 13.1. The number of anilines is 1. The maximum Gasteiger partial charge on any atom is 0.319 e. The van der Waals surface area contributed by atoms with E-state index in [2.05, 4.69) is 15.6 Å². The number of benzene rings is 1. The van der Waals surface area contributed by atoms with Crippen molar-refractivity contribution in [3.63, 3.8) is 0 Å². The number of rotatable bonds is 5. The second-order valence-corrected chi connectivity index (χ2v) is 6.78. The summed E-state index contributed by atoms with van der Waals surface area (Å²) in [7, 11) is 0. The van der Waals surface area contributed by atoms with Gasteiger partial charge in [-0.25, -0.2) is 4.79 Å². The fourth-order valence-corrected chi connectivity index (χ4v) is 2.72. The Hall–Kier alpha value is -2.01. The fourth-order valence-electron chi connectivity index (χ4n) is 2.72. The molecule has 2 rings (SSSR count). The van der Waals surface area contributed by atoms with E-state index in [0.717, 1.165) is 22.3 Å². The molecule has 1 atom stereocenters. The smallest absolute Gasteiger partial charge is 0.319 e. The van der Waals surface area contributed by atoms with Crippen molar-refractivity contribution >= 4 is 22.6 Å². The first-order valence-corrected chi connectivity index (χ1v) is 7.57. The van der Waals surface area contributed by atoms with E-state index in [-0.39, 0.29) is 17.6 Å². The van der Waals surface area contributed by atoms with Crippen LogP contribution in [0.15, 0.2) is 24.3 Å². The molecule has 1 aromatic carbocycles. The van der Waals surface area contributed by atoms with Gasteiger partial charge in [-0.2, -0.15) is 0 Å². The number of hydrogen-bond donors (Lipinski definition) is 4. The first kappa shape index (κ1) is 16.4. The van der Waals surface area contributed by atoms with Gasteiger partial charge in [0.15, 0.2) is 0 Å². The van der Waals surface area contributed by atoms with Crippen LogP contribution in [0, 0.1) is 12.3 Å². The fraction of sp³-hybridized carbons (Fsp3) is 0.471. The van der Waals surface area contributed by atoms with Crippen LogP contribution in [0.3, 0.4) is 0 Å². The van der Waals surface area contributed by atoms with E-state index >= 15 is 0 Å². The van der Waals surface area contributed by atoms with Gasteiger partial charge in [-0.3, -0.25) is 0 Å². The number of aliphatic hydroxyl groups is 1. The van der Waals surface area contributed by atoms with Crippen molar-refractivity contribution < 1.29 is 9.90 Å². The molecule has 0 aliphatic heterocycles. The van der Waals surface area contributed by atoms with E-state index in [4.69, 9.17) is 0 Å². The minimum atomic E-state index is -0.376. The van der Waals surface area contributed by atoms with Crippen LogP contribution in [-0.4, -0.2) is 28.8 Å². The number of fused-ring (bicyclic) bond motifs is 1. The number of amides is 2. The van der Waals surface area contributed by atoms with Gasteiger partial charge in [-0.05, 0) is 49.9 Å². The van der Waals surface area contributed by atoms with Gasteiger partial charge in [-0.15, -0.1) is 0 Å². The monoisotopic (exact) mass is 303 g/mol. The summed E-state index contributed by atoms with van der Waals surface area (Å²) in [5, 5.41) is 16.2. The van der Waals surface area contributed by atoms with Crippen LogP contribution in [-0.2, 0) is 0 Å². The molecule has 0 radical (unpaired) electrons. The summed E-state index contributed by atoms with van der Waals surface area (Å²) in [6, 6.07) is 7.59. The topological polar surface area (TPSA) is 77.2 Å². The number of urea groups is 1. The Morgan fingerprint density at radius 3 is 2.77 bits per heavy atom. The molecule has 0 saturated heterocycles. The molecule has 0 aliphatic carbocycles. The molecule has 120 valence electrons. The van der Waals surface area contributed by atoms with Crippen LogP contribution in [0.4, 0.5) is 10.5 Å². The van der Waals surface area contributed by atoms with Crippen molar-refractivity contribution in [2.45, 2.75) is 40.2 Å². The summed E-state index contributed by atoms with van der Waals surface area (Å²) >= 11 is 0. The molecule has 0 saturated carbocycles. The number of nitrogens with one attached hydrogen (secondary N) is 3. The summed E-state index contributed by atoms with van der Waals surface area (Å²) in [4.78, 5) is 15.2. The van der Waals surface area contributed by atoms with Crippen LogP contribution >= 0.6 is 0 Å². The third-order valence-electron chi connectivity index (χ3n) is 3.59. The zero-order valence-electron chi connectivity index (χ0n) is 13.7. The maximum atomic E-state index is 12.0. The largest absolute Gasteiger partial charge is 0.393 e. The lowest BCUT2D eigenvalue weighted by Crippen LogP contribution is -2.38. The third-order valence-corrected chi connectivity index (χ3v) is 3.59. The maximum absolute atomic E-state index is 12.0. The molecular weight excluding hydrogens is 278 g/mol. The Balaban J connectivity index is 1.93.